The van der Waals surface area contributed by atoms with Gasteiger partial charge in [-0.1, -0.05) is 6.92 Å². The number of aldehydes is 1. The molecule has 0 heterocycles. The molecule has 0 aliphatic rings. The van der Waals surface area contributed by atoms with Gasteiger partial charge in [0, 0.05) is 12.0 Å². The molecule has 0 N–H and O–H groups in total. The van der Waals surface area contributed by atoms with E-state index in [1.54, 1.807) is 6.07 Å². The van der Waals surface area contributed by atoms with Crippen LogP contribution >= 0.6 is 15.9 Å². The van der Waals surface area contributed by atoms with Gasteiger partial charge in [-0.25, -0.2) is 0 Å². The first-order chi connectivity index (χ1) is 8.12. The minimum Gasteiger partial charge on any atom is -0.493 e. The molecule has 0 spiro atoms. The Kier molecular flexibility index (Phi) is 5.15. The van der Waals surface area contributed by atoms with Crippen molar-refractivity contribution >= 4 is 28.2 Å². The van der Waals surface area contributed by atoms with E-state index in [0.29, 0.717) is 40.7 Å². The van der Waals surface area contributed by atoms with E-state index in [2.05, 4.69) is 15.9 Å². The lowest BCUT2D eigenvalue weighted by atomic mass is 10.2. The van der Waals surface area contributed by atoms with Crippen molar-refractivity contribution in [2.24, 2.45) is 0 Å². The molecule has 1 aromatic carbocycles. The predicted molar refractivity (Wildman–Crippen MR) is 66.6 cm³/mol. The van der Waals surface area contributed by atoms with Gasteiger partial charge < -0.3 is 9.47 Å². The molecule has 0 atom stereocenters. The number of hydrogen-bond donors (Lipinski definition) is 0. The SMILES string of the molecule is CCCC(=O)Oc1c(Br)cc(C=O)cc1OC. The van der Waals surface area contributed by atoms with E-state index in [1.165, 1.54) is 13.2 Å². The molecule has 0 aliphatic heterocycles. The van der Waals surface area contributed by atoms with Crippen molar-refractivity contribution in [1.29, 1.82) is 0 Å². The van der Waals surface area contributed by atoms with Crippen LogP contribution in [0.15, 0.2) is 16.6 Å². The summed E-state index contributed by atoms with van der Waals surface area (Å²) in [6.45, 7) is 1.89. The van der Waals surface area contributed by atoms with Crippen LogP contribution in [0.25, 0.3) is 0 Å². The Morgan fingerprint density at radius 2 is 2.18 bits per heavy atom. The van der Waals surface area contributed by atoms with E-state index < -0.39 is 0 Å². The molecule has 92 valence electrons. The van der Waals surface area contributed by atoms with Crippen LogP contribution in [0.3, 0.4) is 0 Å². The Hall–Kier alpha value is -1.36. The van der Waals surface area contributed by atoms with E-state index in [4.69, 9.17) is 9.47 Å². The maximum Gasteiger partial charge on any atom is 0.311 e. The van der Waals surface area contributed by atoms with Crippen molar-refractivity contribution in [1.82, 2.24) is 0 Å². The third-order valence-corrected chi connectivity index (χ3v) is 2.65. The number of carbonyl (C=O) groups is 2. The van der Waals surface area contributed by atoms with Gasteiger partial charge in [0.1, 0.15) is 6.29 Å². The highest BCUT2D eigenvalue weighted by Gasteiger charge is 2.14. The molecule has 0 saturated carbocycles. The van der Waals surface area contributed by atoms with E-state index >= 15 is 0 Å². The maximum atomic E-state index is 11.4. The molecule has 1 rings (SSSR count). The van der Waals surface area contributed by atoms with Gasteiger partial charge in [-0.05, 0) is 34.5 Å². The molecule has 0 amide bonds. The first-order valence-corrected chi connectivity index (χ1v) is 5.95. The summed E-state index contributed by atoms with van der Waals surface area (Å²) in [6.07, 6.45) is 1.75. The highest BCUT2D eigenvalue weighted by atomic mass is 79.9. The number of rotatable bonds is 5. The molecule has 0 saturated heterocycles. The van der Waals surface area contributed by atoms with Crippen molar-refractivity contribution in [3.8, 4) is 11.5 Å². The standard InChI is InChI=1S/C12H13BrO4/c1-3-4-11(15)17-12-9(13)5-8(7-14)6-10(12)16-2/h5-7H,3-4H2,1-2H3. The minimum absolute atomic E-state index is 0.302. The highest BCUT2D eigenvalue weighted by Crippen LogP contribution is 2.36. The maximum absolute atomic E-state index is 11.4. The van der Waals surface area contributed by atoms with E-state index in [9.17, 15) is 9.59 Å². The summed E-state index contributed by atoms with van der Waals surface area (Å²) in [6, 6.07) is 3.09. The Balaban J connectivity index is 3.05. The Labute approximate surface area is 108 Å². The fraction of sp³-hybridized carbons (Fsp3) is 0.333. The largest absolute Gasteiger partial charge is 0.493 e. The first-order valence-electron chi connectivity index (χ1n) is 5.15. The van der Waals surface area contributed by atoms with Crippen LogP contribution in [0.2, 0.25) is 0 Å². The summed E-state index contributed by atoms with van der Waals surface area (Å²) in [5.41, 5.74) is 0.448. The molecule has 0 bridgehead atoms. The van der Waals surface area contributed by atoms with Crippen LogP contribution in [0.4, 0.5) is 0 Å². The Morgan fingerprint density at radius 3 is 2.71 bits per heavy atom. The number of halogens is 1. The lowest BCUT2D eigenvalue weighted by Crippen LogP contribution is -2.08. The summed E-state index contributed by atoms with van der Waals surface area (Å²) in [7, 11) is 1.45. The predicted octanol–water partition coefficient (Wildman–Crippen LogP) is 2.98. The van der Waals surface area contributed by atoms with Crippen molar-refractivity contribution < 1.29 is 19.1 Å². The lowest BCUT2D eigenvalue weighted by Gasteiger charge is -2.11. The van der Waals surface area contributed by atoms with Crippen LogP contribution in [-0.2, 0) is 4.79 Å². The molecule has 0 aliphatic carbocycles. The van der Waals surface area contributed by atoms with Gasteiger partial charge in [0.05, 0.1) is 11.6 Å². The molecule has 1 aromatic rings. The lowest BCUT2D eigenvalue weighted by molar-refractivity contribution is -0.134. The molecule has 5 heteroatoms. The van der Waals surface area contributed by atoms with Crippen LogP contribution in [0, 0.1) is 0 Å². The number of esters is 1. The van der Waals surface area contributed by atoms with E-state index in [1.807, 2.05) is 6.92 Å². The molecule has 0 aromatic heterocycles. The van der Waals surface area contributed by atoms with Crippen LogP contribution in [-0.4, -0.2) is 19.4 Å². The van der Waals surface area contributed by atoms with Gasteiger partial charge in [-0.3, -0.25) is 9.59 Å². The molecular formula is C12H13BrO4. The average Bonchev–Trinajstić information content (AvgIpc) is 2.31. The first kappa shape index (κ1) is 13.7. The summed E-state index contributed by atoms with van der Waals surface area (Å²) in [5, 5.41) is 0. The van der Waals surface area contributed by atoms with Gasteiger partial charge in [-0.15, -0.1) is 0 Å². The van der Waals surface area contributed by atoms with Crippen molar-refractivity contribution in [2.75, 3.05) is 7.11 Å². The van der Waals surface area contributed by atoms with Crippen LogP contribution in [0.1, 0.15) is 30.1 Å². The van der Waals surface area contributed by atoms with E-state index in [-0.39, 0.29) is 5.97 Å². The van der Waals surface area contributed by atoms with Gasteiger partial charge in [0.15, 0.2) is 11.5 Å². The minimum atomic E-state index is -0.328. The third-order valence-electron chi connectivity index (χ3n) is 2.06. The van der Waals surface area contributed by atoms with Crippen LogP contribution < -0.4 is 9.47 Å². The van der Waals surface area contributed by atoms with E-state index in [0.717, 1.165) is 0 Å². The second kappa shape index (κ2) is 6.39. The number of ether oxygens (including phenoxy) is 2. The zero-order valence-electron chi connectivity index (χ0n) is 9.66. The second-order valence-corrected chi connectivity index (χ2v) is 4.23. The molecule has 17 heavy (non-hydrogen) atoms. The average molecular weight is 301 g/mol. The van der Waals surface area contributed by atoms with Crippen molar-refractivity contribution in [2.45, 2.75) is 19.8 Å². The van der Waals surface area contributed by atoms with Crippen LogP contribution in [0.5, 0.6) is 11.5 Å². The normalized spacial score (nSPS) is 9.82. The highest BCUT2D eigenvalue weighted by molar-refractivity contribution is 9.10. The molecular weight excluding hydrogens is 288 g/mol. The van der Waals surface area contributed by atoms with Gasteiger partial charge >= 0.3 is 5.97 Å². The zero-order chi connectivity index (χ0) is 12.8. The number of carbonyl (C=O) groups excluding carboxylic acids is 2. The summed E-state index contributed by atoms with van der Waals surface area (Å²) < 4.78 is 10.8. The molecule has 0 unspecified atom stereocenters. The van der Waals surface area contributed by atoms with Gasteiger partial charge in [0.25, 0.3) is 0 Å². The number of hydrogen-bond acceptors (Lipinski definition) is 4. The Bertz CT molecular complexity index is 429. The molecule has 4 nitrogen and oxygen atoms in total. The van der Waals surface area contributed by atoms with Gasteiger partial charge in [0.2, 0.25) is 0 Å². The smallest absolute Gasteiger partial charge is 0.311 e. The van der Waals surface area contributed by atoms with Crippen molar-refractivity contribution in [3.63, 3.8) is 0 Å². The summed E-state index contributed by atoms with van der Waals surface area (Å²) in [5.74, 6) is 0.327. The number of benzene rings is 1. The van der Waals surface area contributed by atoms with Gasteiger partial charge in [-0.2, -0.15) is 0 Å². The second-order valence-electron chi connectivity index (χ2n) is 3.38. The summed E-state index contributed by atoms with van der Waals surface area (Å²) >= 11 is 3.24. The fourth-order valence-electron chi connectivity index (χ4n) is 1.28. The number of methoxy groups -OCH3 is 1. The van der Waals surface area contributed by atoms with Crippen molar-refractivity contribution in [3.05, 3.63) is 22.2 Å². The topological polar surface area (TPSA) is 52.6 Å². The zero-order valence-corrected chi connectivity index (χ0v) is 11.2. The molecule has 0 fully saturated rings. The fourth-order valence-corrected chi connectivity index (χ4v) is 1.82. The Morgan fingerprint density at radius 1 is 1.47 bits per heavy atom. The quantitative estimate of drug-likeness (QED) is 0.476. The molecule has 0 radical (unpaired) electrons. The monoisotopic (exact) mass is 300 g/mol. The third kappa shape index (κ3) is 3.56. The summed E-state index contributed by atoms with van der Waals surface area (Å²) in [4.78, 5) is 22.1.